The summed E-state index contributed by atoms with van der Waals surface area (Å²) in [6.45, 7) is 3.18. The van der Waals surface area contributed by atoms with E-state index in [2.05, 4.69) is 5.32 Å². The predicted octanol–water partition coefficient (Wildman–Crippen LogP) is 2.12. The molecule has 0 amide bonds. The number of hydrogen-bond acceptors (Lipinski definition) is 3. The summed E-state index contributed by atoms with van der Waals surface area (Å²) in [6.07, 6.45) is -4.34. The maximum Gasteiger partial charge on any atom is 0.416 e. The van der Waals surface area contributed by atoms with Crippen molar-refractivity contribution in [2.45, 2.75) is 6.18 Å². The Bertz CT molecular complexity index is 414. The second-order valence-corrected chi connectivity index (χ2v) is 4.12. The van der Waals surface area contributed by atoms with Crippen molar-refractivity contribution in [3.8, 4) is 5.75 Å². The number of nitrogens with one attached hydrogen (secondary N) is 1. The topological polar surface area (TPSA) is 24.5 Å². The van der Waals surface area contributed by atoms with Crippen LogP contribution < -0.4 is 15.0 Å². The summed E-state index contributed by atoms with van der Waals surface area (Å²) in [5.41, 5.74) is 0.0326. The van der Waals surface area contributed by atoms with Gasteiger partial charge in [-0.25, -0.2) is 0 Å². The van der Waals surface area contributed by atoms with Crippen LogP contribution in [0.25, 0.3) is 0 Å². The summed E-state index contributed by atoms with van der Waals surface area (Å²) in [7, 11) is 1.39. The van der Waals surface area contributed by atoms with Gasteiger partial charge in [0.1, 0.15) is 5.75 Å². The van der Waals surface area contributed by atoms with Crippen molar-refractivity contribution in [3.05, 3.63) is 23.8 Å². The van der Waals surface area contributed by atoms with Crippen LogP contribution in [0.1, 0.15) is 5.56 Å². The molecule has 6 heteroatoms. The molecule has 1 aromatic carbocycles. The van der Waals surface area contributed by atoms with E-state index < -0.39 is 11.7 Å². The van der Waals surface area contributed by atoms with E-state index in [1.165, 1.54) is 13.2 Å². The Kier molecular flexibility index (Phi) is 3.65. The molecule has 1 aromatic rings. The molecule has 0 saturated carbocycles. The van der Waals surface area contributed by atoms with Gasteiger partial charge in [0.2, 0.25) is 0 Å². The van der Waals surface area contributed by atoms with Gasteiger partial charge in [0.25, 0.3) is 0 Å². The maximum atomic E-state index is 12.6. The number of halogens is 3. The third kappa shape index (κ3) is 2.69. The molecular weight excluding hydrogens is 245 g/mol. The predicted molar refractivity (Wildman–Crippen MR) is 63.1 cm³/mol. The minimum absolute atomic E-state index is 0.270. The molecular formula is C12H15F3N2O. The summed E-state index contributed by atoms with van der Waals surface area (Å²) < 4.78 is 42.9. The molecule has 0 unspecified atom stereocenters. The Morgan fingerprint density at radius 2 is 1.89 bits per heavy atom. The Labute approximate surface area is 104 Å². The van der Waals surface area contributed by atoms with E-state index in [1.54, 1.807) is 0 Å². The smallest absolute Gasteiger partial charge is 0.416 e. The zero-order valence-electron chi connectivity index (χ0n) is 10.0. The molecule has 0 bridgehead atoms. The normalized spacial score (nSPS) is 16.8. The Balaban J connectivity index is 2.30. The fourth-order valence-corrected chi connectivity index (χ4v) is 2.02. The molecule has 1 aliphatic heterocycles. The van der Waals surface area contributed by atoms with E-state index in [0.717, 1.165) is 38.3 Å². The molecule has 0 aromatic heterocycles. The number of nitrogens with zero attached hydrogens (tertiary/aromatic N) is 1. The lowest BCUT2D eigenvalue weighted by Gasteiger charge is -2.30. The molecule has 3 nitrogen and oxygen atoms in total. The van der Waals surface area contributed by atoms with Crippen LogP contribution in [-0.2, 0) is 6.18 Å². The lowest BCUT2D eigenvalue weighted by molar-refractivity contribution is -0.137. The highest BCUT2D eigenvalue weighted by Gasteiger charge is 2.31. The standard InChI is InChI=1S/C12H15F3N2O/c1-18-11-8-9(12(13,14)15)2-3-10(11)17-6-4-16-5-7-17/h2-3,8,16H,4-7H2,1H3. The van der Waals surface area contributed by atoms with Gasteiger partial charge in [0.05, 0.1) is 18.4 Å². The minimum atomic E-state index is -4.34. The van der Waals surface area contributed by atoms with Gasteiger partial charge < -0.3 is 15.0 Å². The minimum Gasteiger partial charge on any atom is -0.495 e. The second kappa shape index (κ2) is 5.06. The van der Waals surface area contributed by atoms with Crippen molar-refractivity contribution >= 4 is 5.69 Å². The van der Waals surface area contributed by atoms with Gasteiger partial charge >= 0.3 is 6.18 Å². The first-order valence-electron chi connectivity index (χ1n) is 5.73. The van der Waals surface area contributed by atoms with E-state index in [9.17, 15) is 13.2 Å². The van der Waals surface area contributed by atoms with Crippen molar-refractivity contribution in [2.24, 2.45) is 0 Å². The van der Waals surface area contributed by atoms with Crippen LogP contribution in [0.4, 0.5) is 18.9 Å². The van der Waals surface area contributed by atoms with Crippen molar-refractivity contribution in [2.75, 3.05) is 38.2 Å². The third-order valence-electron chi connectivity index (χ3n) is 2.96. The first-order chi connectivity index (χ1) is 8.52. The van der Waals surface area contributed by atoms with Gasteiger partial charge in [-0.15, -0.1) is 0 Å². The highest BCUT2D eigenvalue weighted by atomic mass is 19.4. The number of piperazine rings is 1. The number of alkyl halides is 3. The lowest BCUT2D eigenvalue weighted by atomic mass is 10.1. The zero-order valence-corrected chi connectivity index (χ0v) is 10.0. The van der Waals surface area contributed by atoms with E-state index >= 15 is 0 Å². The maximum absolute atomic E-state index is 12.6. The second-order valence-electron chi connectivity index (χ2n) is 4.12. The van der Waals surface area contributed by atoms with Crippen molar-refractivity contribution in [1.29, 1.82) is 0 Å². The molecule has 1 saturated heterocycles. The van der Waals surface area contributed by atoms with Crippen molar-refractivity contribution in [3.63, 3.8) is 0 Å². The zero-order chi connectivity index (χ0) is 13.2. The average molecular weight is 260 g/mol. The van der Waals surface area contributed by atoms with Crippen LogP contribution in [0, 0.1) is 0 Å². The van der Waals surface area contributed by atoms with Crippen LogP contribution in [0.5, 0.6) is 5.75 Å². The first kappa shape index (κ1) is 13.0. The SMILES string of the molecule is COc1cc(C(F)(F)F)ccc1N1CCNCC1. The largest absolute Gasteiger partial charge is 0.495 e. The van der Waals surface area contributed by atoms with Gasteiger partial charge in [-0.3, -0.25) is 0 Å². The monoisotopic (exact) mass is 260 g/mol. The molecule has 1 aliphatic rings. The summed E-state index contributed by atoms with van der Waals surface area (Å²) in [4.78, 5) is 2.02. The van der Waals surface area contributed by atoms with Gasteiger partial charge in [-0.1, -0.05) is 0 Å². The number of benzene rings is 1. The van der Waals surface area contributed by atoms with E-state index in [0.29, 0.717) is 5.69 Å². The molecule has 2 rings (SSSR count). The van der Waals surface area contributed by atoms with Crippen LogP contribution in [0.15, 0.2) is 18.2 Å². The van der Waals surface area contributed by atoms with E-state index in [-0.39, 0.29) is 5.75 Å². The third-order valence-corrected chi connectivity index (χ3v) is 2.96. The quantitative estimate of drug-likeness (QED) is 0.881. The highest BCUT2D eigenvalue weighted by Crippen LogP contribution is 2.36. The fourth-order valence-electron chi connectivity index (χ4n) is 2.02. The Hall–Kier alpha value is -1.43. The van der Waals surface area contributed by atoms with E-state index in [4.69, 9.17) is 4.74 Å². The fraction of sp³-hybridized carbons (Fsp3) is 0.500. The highest BCUT2D eigenvalue weighted by molar-refractivity contribution is 5.60. The number of hydrogen-bond donors (Lipinski definition) is 1. The Morgan fingerprint density at radius 1 is 1.22 bits per heavy atom. The van der Waals surface area contributed by atoms with Gasteiger partial charge in [-0.2, -0.15) is 13.2 Å². The molecule has 0 aliphatic carbocycles. The van der Waals surface area contributed by atoms with Crippen LogP contribution in [-0.4, -0.2) is 33.3 Å². The summed E-state index contributed by atoms with van der Waals surface area (Å²) in [5, 5.41) is 3.20. The van der Waals surface area contributed by atoms with E-state index in [1.807, 2.05) is 4.90 Å². The molecule has 0 radical (unpaired) electrons. The molecule has 1 fully saturated rings. The number of methoxy groups -OCH3 is 1. The number of ether oxygens (including phenoxy) is 1. The van der Waals surface area contributed by atoms with Gasteiger partial charge in [0.15, 0.2) is 0 Å². The molecule has 1 N–H and O–H groups in total. The van der Waals surface area contributed by atoms with Crippen LogP contribution in [0.3, 0.4) is 0 Å². The summed E-state index contributed by atoms with van der Waals surface area (Å²) >= 11 is 0. The molecule has 0 spiro atoms. The van der Waals surface area contributed by atoms with Gasteiger partial charge in [0, 0.05) is 26.2 Å². The molecule has 0 atom stereocenters. The summed E-state index contributed by atoms with van der Waals surface area (Å²) in [6, 6.07) is 3.63. The number of rotatable bonds is 2. The average Bonchev–Trinajstić information content (AvgIpc) is 2.38. The van der Waals surface area contributed by atoms with Crippen LogP contribution in [0.2, 0.25) is 0 Å². The Morgan fingerprint density at radius 3 is 2.44 bits per heavy atom. The molecule has 1 heterocycles. The summed E-state index contributed by atoms with van der Waals surface area (Å²) in [5.74, 6) is 0.270. The lowest BCUT2D eigenvalue weighted by Crippen LogP contribution is -2.43. The molecule has 18 heavy (non-hydrogen) atoms. The first-order valence-corrected chi connectivity index (χ1v) is 5.73. The van der Waals surface area contributed by atoms with Crippen molar-refractivity contribution < 1.29 is 17.9 Å². The molecule has 100 valence electrons. The van der Waals surface area contributed by atoms with Gasteiger partial charge in [-0.05, 0) is 18.2 Å². The number of anilines is 1. The van der Waals surface area contributed by atoms with Crippen molar-refractivity contribution in [1.82, 2.24) is 5.32 Å². The van der Waals surface area contributed by atoms with Crippen LogP contribution >= 0.6 is 0 Å².